The van der Waals surface area contributed by atoms with Crippen molar-refractivity contribution >= 4 is 28.3 Å². The molecule has 0 saturated heterocycles. The van der Waals surface area contributed by atoms with Crippen molar-refractivity contribution in [2.24, 2.45) is 0 Å². The predicted molar refractivity (Wildman–Crippen MR) is 115 cm³/mol. The molecule has 3 aromatic rings. The van der Waals surface area contributed by atoms with Crippen LogP contribution in [0, 0.1) is 5.82 Å². The number of fused-ring (bicyclic) bond motifs is 2. The van der Waals surface area contributed by atoms with Crippen LogP contribution in [-0.4, -0.2) is 29.7 Å². The number of carbonyl (C=O) groups excluding carboxylic acids is 1. The summed E-state index contributed by atoms with van der Waals surface area (Å²) in [6.45, 7) is 0.383. The lowest BCUT2D eigenvalue weighted by Gasteiger charge is -2.19. The van der Waals surface area contributed by atoms with Crippen molar-refractivity contribution in [3.05, 3.63) is 65.0 Å². The highest BCUT2D eigenvalue weighted by atomic mass is 19.3. The summed E-state index contributed by atoms with van der Waals surface area (Å²) in [4.78, 5) is 25.5. The van der Waals surface area contributed by atoms with Crippen LogP contribution in [0.15, 0.2) is 42.5 Å². The van der Waals surface area contributed by atoms with E-state index in [1.165, 1.54) is 17.0 Å². The van der Waals surface area contributed by atoms with Crippen LogP contribution in [0.3, 0.4) is 0 Å². The van der Waals surface area contributed by atoms with E-state index in [1.807, 2.05) is 0 Å². The number of alkyl halides is 2. The minimum absolute atomic E-state index is 0.0355. The number of halogens is 3. The summed E-state index contributed by atoms with van der Waals surface area (Å²) in [5.41, 5.74) is 0.412. The molecule has 1 amide bonds. The molecular weight excluding hydrogens is 439 g/mol. The van der Waals surface area contributed by atoms with Gasteiger partial charge >= 0.3 is 12.6 Å². The van der Waals surface area contributed by atoms with Gasteiger partial charge in [-0.3, -0.25) is 9.59 Å². The first-order valence-electron chi connectivity index (χ1n) is 10.2. The maximum absolute atomic E-state index is 14.5. The van der Waals surface area contributed by atoms with Crippen LogP contribution in [0.25, 0.3) is 10.8 Å². The lowest BCUT2D eigenvalue weighted by Crippen LogP contribution is -2.23. The van der Waals surface area contributed by atoms with Crippen molar-refractivity contribution in [3.8, 4) is 11.5 Å². The van der Waals surface area contributed by atoms with Crippen LogP contribution in [0.5, 0.6) is 11.5 Å². The minimum atomic E-state index is -3.16. The third-order valence-corrected chi connectivity index (χ3v) is 5.24. The number of amides is 1. The molecule has 1 N–H and O–H groups in total. The van der Waals surface area contributed by atoms with E-state index in [1.54, 1.807) is 38.1 Å². The summed E-state index contributed by atoms with van der Waals surface area (Å²) in [6.07, 6.45) is -0.777. The number of nitrogens with zero attached hydrogens (tertiary/aromatic N) is 1. The van der Waals surface area contributed by atoms with E-state index >= 15 is 0 Å². The summed E-state index contributed by atoms with van der Waals surface area (Å²) < 4.78 is 51.9. The molecular formula is C24H20F3NO5. The number of aliphatic carboxylic acids is 1. The Balaban J connectivity index is 1.88. The Morgan fingerprint density at radius 3 is 2.33 bits per heavy atom. The van der Waals surface area contributed by atoms with Crippen LogP contribution >= 0.6 is 0 Å². The number of carbonyl (C=O) groups is 2. The first kappa shape index (κ1) is 22.4. The summed E-state index contributed by atoms with van der Waals surface area (Å²) in [7, 11) is 0. The zero-order chi connectivity index (χ0) is 23.9. The van der Waals surface area contributed by atoms with Gasteiger partial charge in [0.15, 0.2) is 0 Å². The highest BCUT2D eigenvalue weighted by molar-refractivity contribution is 6.16. The van der Waals surface area contributed by atoms with Gasteiger partial charge in [-0.15, -0.1) is 0 Å². The maximum Gasteiger partial charge on any atom is 0.387 e. The average Bonchev–Trinajstić information content (AvgIpc) is 3.08. The number of carboxylic acid groups (broad SMARTS) is 1. The predicted octanol–water partition coefficient (Wildman–Crippen LogP) is 5.16. The van der Waals surface area contributed by atoms with Crippen LogP contribution < -0.4 is 14.4 Å². The van der Waals surface area contributed by atoms with Gasteiger partial charge in [-0.1, -0.05) is 30.3 Å². The lowest BCUT2D eigenvalue weighted by atomic mass is 9.99. The fourth-order valence-corrected chi connectivity index (χ4v) is 3.97. The molecule has 0 aliphatic carbocycles. The third kappa shape index (κ3) is 4.18. The first-order chi connectivity index (χ1) is 15.7. The van der Waals surface area contributed by atoms with Crippen LogP contribution in [-0.2, 0) is 17.8 Å². The fourth-order valence-electron chi connectivity index (χ4n) is 3.97. The van der Waals surface area contributed by atoms with E-state index in [9.17, 15) is 22.8 Å². The van der Waals surface area contributed by atoms with Crippen molar-refractivity contribution in [1.82, 2.24) is 0 Å². The highest BCUT2D eigenvalue weighted by Gasteiger charge is 2.38. The molecule has 4 rings (SSSR count). The van der Waals surface area contributed by atoms with Gasteiger partial charge in [0.1, 0.15) is 17.3 Å². The van der Waals surface area contributed by atoms with E-state index in [2.05, 4.69) is 0 Å². The van der Waals surface area contributed by atoms with Gasteiger partial charge in [0.05, 0.1) is 24.6 Å². The van der Waals surface area contributed by atoms with E-state index in [-0.39, 0.29) is 35.2 Å². The normalized spacial score (nSPS) is 13.2. The van der Waals surface area contributed by atoms with Crippen LogP contribution in [0.4, 0.5) is 18.9 Å². The summed E-state index contributed by atoms with van der Waals surface area (Å²) in [5, 5.41) is 9.72. The monoisotopic (exact) mass is 459 g/mol. The Bertz CT molecular complexity index is 1260. The first-order valence-corrected chi connectivity index (χ1v) is 10.2. The molecule has 0 spiro atoms. The Morgan fingerprint density at radius 2 is 1.76 bits per heavy atom. The standard InChI is InChI=1S/C24H20F3NO5/c1-12(2)32-21-15-5-3-4-6-16(15)22(33-24(26)27)20-17(21)11-28(23(20)31)14-8-7-13(9-19(29)30)18(25)10-14/h3-8,10,12,24H,9,11H2,1-2H3,(H,29,30). The molecule has 0 unspecified atom stereocenters. The molecule has 3 aromatic carbocycles. The van der Waals surface area contributed by atoms with Crippen molar-refractivity contribution in [2.75, 3.05) is 4.90 Å². The maximum atomic E-state index is 14.5. The largest absolute Gasteiger partial charge is 0.490 e. The van der Waals surface area contributed by atoms with Gasteiger partial charge in [-0.05, 0) is 31.5 Å². The molecule has 0 radical (unpaired) electrons. The minimum Gasteiger partial charge on any atom is -0.490 e. The molecule has 6 nitrogen and oxygen atoms in total. The van der Waals surface area contributed by atoms with E-state index < -0.39 is 30.7 Å². The summed E-state index contributed by atoms with van der Waals surface area (Å²) >= 11 is 0. The number of benzene rings is 3. The highest BCUT2D eigenvalue weighted by Crippen LogP contribution is 2.46. The Hall–Kier alpha value is -3.75. The van der Waals surface area contributed by atoms with Crippen molar-refractivity contribution in [2.45, 2.75) is 39.5 Å². The number of carboxylic acids is 1. The summed E-state index contributed by atoms with van der Waals surface area (Å²) in [5.74, 6) is -2.52. The Morgan fingerprint density at radius 1 is 1.09 bits per heavy atom. The van der Waals surface area contributed by atoms with Crippen LogP contribution in [0.2, 0.25) is 0 Å². The zero-order valence-electron chi connectivity index (χ0n) is 17.8. The van der Waals surface area contributed by atoms with Gasteiger partial charge in [0.25, 0.3) is 5.91 Å². The van der Waals surface area contributed by atoms with Gasteiger partial charge in [-0.2, -0.15) is 8.78 Å². The van der Waals surface area contributed by atoms with E-state index in [0.29, 0.717) is 22.1 Å². The molecule has 0 fully saturated rings. The quantitative estimate of drug-likeness (QED) is 0.529. The molecule has 172 valence electrons. The Labute approximate surface area is 187 Å². The zero-order valence-corrected chi connectivity index (χ0v) is 17.8. The van der Waals surface area contributed by atoms with Gasteiger partial charge in [-0.25, -0.2) is 4.39 Å². The third-order valence-electron chi connectivity index (χ3n) is 5.24. The molecule has 1 aliphatic heterocycles. The second kappa shape index (κ2) is 8.65. The molecule has 0 bridgehead atoms. The molecule has 33 heavy (non-hydrogen) atoms. The SMILES string of the molecule is CC(C)Oc1c2c(c(OC(F)F)c3ccccc13)C(=O)N(c1ccc(CC(=O)O)c(F)c1)C2. The molecule has 0 aromatic heterocycles. The number of hydrogen-bond acceptors (Lipinski definition) is 4. The average molecular weight is 459 g/mol. The molecule has 1 heterocycles. The topological polar surface area (TPSA) is 76.1 Å². The van der Waals surface area contributed by atoms with E-state index in [0.717, 1.165) is 6.07 Å². The number of rotatable bonds is 7. The lowest BCUT2D eigenvalue weighted by molar-refractivity contribution is -0.136. The van der Waals surface area contributed by atoms with Gasteiger partial charge in [0, 0.05) is 22.0 Å². The van der Waals surface area contributed by atoms with Gasteiger partial charge < -0.3 is 19.5 Å². The number of anilines is 1. The fraction of sp³-hybridized carbons (Fsp3) is 0.250. The van der Waals surface area contributed by atoms with Crippen molar-refractivity contribution in [1.29, 1.82) is 0 Å². The smallest absolute Gasteiger partial charge is 0.387 e. The second-order valence-corrected chi connectivity index (χ2v) is 7.84. The second-order valence-electron chi connectivity index (χ2n) is 7.84. The van der Waals surface area contributed by atoms with Crippen molar-refractivity contribution < 1.29 is 37.3 Å². The molecule has 0 atom stereocenters. The summed E-state index contributed by atoms with van der Waals surface area (Å²) in [6, 6.07) is 10.4. The van der Waals surface area contributed by atoms with Crippen molar-refractivity contribution in [3.63, 3.8) is 0 Å². The van der Waals surface area contributed by atoms with Gasteiger partial charge in [0.2, 0.25) is 0 Å². The number of hydrogen-bond donors (Lipinski definition) is 1. The Kier molecular flexibility index (Phi) is 5.88. The van der Waals surface area contributed by atoms with E-state index in [4.69, 9.17) is 14.6 Å². The van der Waals surface area contributed by atoms with Crippen LogP contribution in [0.1, 0.15) is 35.3 Å². The number of ether oxygens (including phenoxy) is 2. The molecule has 0 saturated carbocycles. The molecule has 9 heteroatoms. The molecule has 1 aliphatic rings.